The minimum atomic E-state index is -0.418. The molecule has 4 nitrogen and oxygen atoms in total. The summed E-state index contributed by atoms with van der Waals surface area (Å²) in [5.41, 5.74) is 0.960. The van der Waals surface area contributed by atoms with E-state index in [1.165, 1.54) is 13.2 Å². The van der Waals surface area contributed by atoms with Crippen LogP contribution in [-0.2, 0) is 4.74 Å². The van der Waals surface area contributed by atoms with Crippen LogP contribution in [0.3, 0.4) is 0 Å². The van der Waals surface area contributed by atoms with Gasteiger partial charge in [-0.1, -0.05) is 0 Å². The molecule has 0 radical (unpaired) electrons. The molecule has 1 aromatic carbocycles. The maximum absolute atomic E-state index is 11.4. The van der Waals surface area contributed by atoms with Crippen LogP contribution in [0.2, 0.25) is 0 Å². The molecule has 0 amide bonds. The molecular weight excluding hydrogens is 196 g/mol. The Morgan fingerprint density at radius 2 is 2.13 bits per heavy atom. The van der Waals surface area contributed by atoms with Gasteiger partial charge >= 0.3 is 5.97 Å². The van der Waals surface area contributed by atoms with E-state index in [2.05, 4.69) is 0 Å². The Morgan fingerprint density at radius 3 is 2.67 bits per heavy atom. The molecule has 1 aromatic rings. The van der Waals surface area contributed by atoms with Gasteiger partial charge < -0.3 is 14.6 Å². The van der Waals surface area contributed by atoms with Crippen LogP contribution in [0, 0.1) is 6.92 Å². The first-order valence-corrected chi connectivity index (χ1v) is 4.64. The van der Waals surface area contributed by atoms with Crippen LogP contribution < -0.4 is 4.74 Å². The second kappa shape index (κ2) is 4.68. The van der Waals surface area contributed by atoms with Crippen LogP contribution >= 0.6 is 0 Å². The average Bonchev–Trinajstić information content (AvgIpc) is 2.22. The highest BCUT2D eigenvalue weighted by atomic mass is 16.5. The molecule has 0 fully saturated rings. The minimum absolute atomic E-state index is 0.0468. The summed E-state index contributed by atoms with van der Waals surface area (Å²) < 4.78 is 9.78. The van der Waals surface area contributed by atoms with Crippen LogP contribution in [0.1, 0.15) is 22.8 Å². The molecule has 0 bridgehead atoms. The SMILES string of the molecule is CCOC(=O)c1cc(C)c(O)c(OC)c1. The summed E-state index contributed by atoms with van der Waals surface area (Å²) in [5, 5.41) is 9.56. The number of carbonyl (C=O) groups is 1. The standard InChI is InChI=1S/C11H14O4/c1-4-15-11(13)8-5-7(2)10(12)9(6-8)14-3/h5-6,12H,4H2,1-3H3. The Balaban J connectivity index is 3.10. The fourth-order valence-electron chi connectivity index (χ4n) is 1.24. The molecule has 15 heavy (non-hydrogen) atoms. The van der Waals surface area contributed by atoms with Crippen molar-refractivity contribution in [2.45, 2.75) is 13.8 Å². The van der Waals surface area contributed by atoms with E-state index in [0.29, 0.717) is 17.7 Å². The van der Waals surface area contributed by atoms with Crippen molar-refractivity contribution in [2.24, 2.45) is 0 Å². The smallest absolute Gasteiger partial charge is 0.338 e. The van der Waals surface area contributed by atoms with Crippen molar-refractivity contribution < 1.29 is 19.4 Å². The Morgan fingerprint density at radius 1 is 1.47 bits per heavy atom. The summed E-state index contributed by atoms with van der Waals surface area (Å²) in [6.07, 6.45) is 0. The third kappa shape index (κ3) is 2.40. The van der Waals surface area contributed by atoms with E-state index >= 15 is 0 Å². The van der Waals surface area contributed by atoms with Gasteiger partial charge in [-0.15, -0.1) is 0 Å². The number of methoxy groups -OCH3 is 1. The van der Waals surface area contributed by atoms with Crippen molar-refractivity contribution in [1.29, 1.82) is 0 Å². The molecule has 0 unspecified atom stereocenters. The molecule has 4 heteroatoms. The molecular formula is C11H14O4. The lowest BCUT2D eigenvalue weighted by molar-refractivity contribution is 0.0526. The van der Waals surface area contributed by atoms with Gasteiger partial charge in [0.2, 0.25) is 0 Å². The molecule has 0 aliphatic carbocycles. The Labute approximate surface area is 88.4 Å². The molecule has 0 atom stereocenters. The lowest BCUT2D eigenvalue weighted by atomic mass is 10.1. The predicted octanol–water partition coefficient (Wildman–Crippen LogP) is 1.89. The lowest BCUT2D eigenvalue weighted by Gasteiger charge is -2.08. The Kier molecular flexibility index (Phi) is 3.55. The van der Waals surface area contributed by atoms with Crippen molar-refractivity contribution in [3.8, 4) is 11.5 Å². The van der Waals surface area contributed by atoms with Crippen LogP contribution in [0.4, 0.5) is 0 Å². The summed E-state index contributed by atoms with van der Waals surface area (Å²) in [6.45, 7) is 3.75. The summed E-state index contributed by atoms with van der Waals surface area (Å²) in [5.74, 6) is -0.0949. The zero-order valence-corrected chi connectivity index (χ0v) is 9.03. The van der Waals surface area contributed by atoms with Crippen LogP contribution in [0.15, 0.2) is 12.1 Å². The van der Waals surface area contributed by atoms with E-state index in [9.17, 15) is 9.90 Å². The topological polar surface area (TPSA) is 55.8 Å². The first kappa shape index (κ1) is 11.4. The van der Waals surface area contributed by atoms with Crippen molar-refractivity contribution in [3.63, 3.8) is 0 Å². The fourth-order valence-corrected chi connectivity index (χ4v) is 1.24. The van der Waals surface area contributed by atoms with Crippen LogP contribution in [0.25, 0.3) is 0 Å². The first-order chi connectivity index (χ1) is 7.10. The predicted molar refractivity (Wildman–Crippen MR) is 55.4 cm³/mol. The average molecular weight is 210 g/mol. The highest BCUT2D eigenvalue weighted by Crippen LogP contribution is 2.30. The van der Waals surface area contributed by atoms with Gasteiger partial charge in [0.15, 0.2) is 11.5 Å². The second-order valence-corrected chi connectivity index (χ2v) is 3.06. The first-order valence-electron chi connectivity index (χ1n) is 4.64. The number of phenolic OH excluding ortho intramolecular Hbond substituents is 1. The summed E-state index contributed by atoms with van der Waals surface area (Å²) in [7, 11) is 1.43. The van der Waals surface area contributed by atoms with E-state index in [1.54, 1.807) is 19.9 Å². The van der Waals surface area contributed by atoms with Crippen molar-refractivity contribution in [3.05, 3.63) is 23.3 Å². The molecule has 0 aromatic heterocycles. The normalized spacial score (nSPS) is 9.80. The molecule has 0 aliphatic rings. The van der Waals surface area contributed by atoms with Crippen molar-refractivity contribution in [2.75, 3.05) is 13.7 Å². The zero-order valence-electron chi connectivity index (χ0n) is 9.03. The molecule has 0 spiro atoms. The molecule has 0 aliphatic heterocycles. The van der Waals surface area contributed by atoms with Gasteiger partial charge in [-0.25, -0.2) is 4.79 Å². The van der Waals surface area contributed by atoms with Gasteiger partial charge in [-0.3, -0.25) is 0 Å². The number of esters is 1. The summed E-state index contributed by atoms with van der Waals surface area (Å²) in [4.78, 5) is 11.4. The Hall–Kier alpha value is -1.71. The number of aromatic hydroxyl groups is 1. The van der Waals surface area contributed by atoms with Gasteiger partial charge in [0, 0.05) is 0 Å². The van der Waals surface area contributed by atoms with Gasteiger partial charge in [-0.05, 0) is 31.5 Å². The van der Waals surface area contributed by atoms with Gasteiger partial charge in [-0.2, -0.15) is 0 Å². The summed E-state index contributed by atoms with van der Waals surface area (Å²) in [6, 6.07) is 3.02. The fraction of sp³-hybridized carbons (Fsp3) is 0.364. The highest BCUT2D eigenvalue weighted by Gasteiger charge is 2.13. The van der Waals surface area contributed by atoms with E-state index in [0.717, 1.165) is 0 Å². The second-order valence-electron chi connectivity index (χ2n) is 3.06. The number of phenols is 1. The monoisotopic (exact) mass is 210 g/mol. The molecule has 82 valence electrons. The molecule has 1 N–H and O–H groups in total. The maximum atomic E-state index is 11.4. The third-order valence-electron chi connectivity index (χ3n) is 2.00. The van der Waals surface area contributed by atoms with Gasteiger partial charge in [0.25, 0.3) is 0 Å². The van der Waals surface area contributed by atoms with Crippen LogP contribution in [-0.4, -0.2) is 24.8 Å². The number of rotatable bonds is 3. The largest absolute Gasteiger partial charge is 0.504 e. The highest BCUT2D eigenvalue weighted by molar-refractivity contribution is 5.90. The van der Waals surface area contributed by atoms with E-state index < -0.39 is 5.97 Å². The van der Waals surface area contributed by atoms with Crippen molar-refractivity contribution >= 4 is 5.97 Å². The molecule has 0 heterocycles. The quantitative estimate of drug-likeness (QED) is 0.774. The van der Waals surface area contributed by atoms with E-state index in [4.69, 9.17) is 9.47 Å². The van der Waals surface area contributed by atoms with E-state index in [1.807, 2.05) is 0 Å². The van der Waals surface area contributed by atoms with E-state index in [-0.39, 0.29) is 11.5 Å². The maximum Gasteiger partial charge on any atom is 0.338 e. The number of carbonyl (C=O) groups excluding carboxylic acids is 1. The Bertz CT molecular complexity index is 371. The number of hydrogen-bond donors (Lipinski definition) is 1. The summed E-state index contributed by atoms with van der Waals surface area (Å²) >= 11 is 0. The van der Waals surface area contributed by atoms with Gasteiger partial charge in [0.1, 0.15) is 0 Å². The number of ether oxygens (including phenoxy) is 2. The van der Waals surface area contributed by atoms with Crippen molar-refractivity contribution in [1.82, 2.24) is 0 Å². The van der Waals surface area contributed by atoms with Gasteiger partial charge in [0.05, 0.1) is 19.3 Å². The minimum Gasteiger partial charge on any atom is -0.504 e. The number of hydrogen-bond acceptors (Lipinski definition) is 4. The zero-order chi connectivity index (χ0) is 11.4. The molecule has 0 saturated carbocycles. The molecule has 1 rings (SSSR count). The number of benzene rings is 1. The van der Waals surface area contributed by atoms with Crippen LogP contribution in [0.5, 0.6) is 11.5 Å². The third-order valence-corrected chi connectivity index (χ3v) is 2.00. The lowest BCUT2D eigenvalue weighted by Crippen LogP contribution is -2.05. The number of aryl methyl sites for hydroxylation is 1. The molecule has 0 saturated heterocycles.